The Bertz CT molecular complexity index is 778. The van der Waals surface area contributed by atoms with Crippen LogP contribution in [-0.4, -0.2) is 42.4 Å². The number of rotatable bonds is 4. The van der Waals surface area contributed by atoms with Crippen LogP contribution in [0.5, 0.6) is 11.5 Å². The first kappa shape index (κ1) is 17.6. The minimum atomic E-state index is -0.257. The zero-order valence-electron chi connectivity index (χ0n) is 15.0. The van der Waals surface area contributed by atoms with Crippen molar-refractivity contribution >= 4 is 23.4 Å². The van der Waals surface area contributed by atoms with Crippen LogP contribution in [0.2, 0.25) is 0 Å². The summed E-state index contributed by atoms with van der Waals surface area (Å²) in [4.78, 5) is 38.4. The van der Waals surface area contributed by atoms with E-state index in [9.17, 15) is 14.4 Å². The van der Waals surface area contributed by atoms with E-state index in [1.165, 1.54) is 4.90 Å². The van der Waals surface area contributed by atoms with E-state index in [0.29, 0.717) is 43.2 Å². The molecule has 142 valence electrons. The quantitative estimate of drug-likeness (QED) is 0.648. The molecule has 1 aliphatic carbocycles. The van der Waals surface area contributed by atoms with Crippen LogP contribution in [0.15, 0.2) is 30.4 Å². The molecular formula is C20H22N2O5. The molecule has 1 aromatic carbocycles. The molecule has 3 amide bonds. The monoisotopic (exact) mass is 370 g/mol. The Morgan fingerprint density at radius 3 is 2.41 bits per heavy atom. The number of imide groups is 1. The van der Waals surface area contributed by atoms with Gasteiger partial charge in [-0.15, -0.1) is 0 Å². The molecule has 2 heterocycles. The van der Waals surface area contributed by atoms with E-state index in [-0.39, 0.29) is 42.5 Å². The molecule has 1 aromatic rings. The van der Waals surface area contributed by atoms with Gasteiger partial charge >= 0.3 is 0 Å². The van der Waals surface area contributed by atoms with Crippen molar-refractivity contribution in [1.82, 2.24) is 4.90 Å². The molecular weight excluding hydrogens is 348 g/mol. The lowest BCUT2D eigenvalue weighted by atomic mass is 9.85. The zero-order valence-corrected chi connectivity index (χ0v) is 15.0. The summed E-state index contributed by atoms with van der Waals surface area (Å²) in [6.07, 6.45) is 5.99. The lowest BCUT2D eigenvalue weighted by molar-refractivity contribution is -0.140. The zero-order chi connectivity index (χ0) is 18.8. The van der Waals surface area contributed by atoms with Gasteiger partial charge in [0.05, 0.1) is 25.0 Å². The van der Waals surface area contributed by atoms with E-state index >= 15 is 0 Å². The highest BCUT2D eigenvalue weighted by Gasteiger charge is 2.46. The Labute approximate surface area is 157 Å². The molecule has 0 spiro atoms. The average molecular weight is 370 g/mol. The fraction of sp³-hybridized carbons (Fsp3) is 0.450. The standard InChI is InChI=1S/C20H22N2O5/c23-18(21-13-6-7-16-17(12-13)27-11-3-10-26-16)8-9-22-19(24)14-4-1-2-5-15(14)20(22)25/h1-2,6-7,12,14-15H,3-5,8-11H2,(H,21,23). The largest absolute Gasteiger partial charge is 0.490 e. The van der Waals surface area contributed by atoms with Crippen molar-refractivity contribution in [3.8, 4) is 11.5 Å². The Hall–Kier alpha value is -2.83. The van der Waals surface area contributed by atoms with Crippen LogP contribution in [0.1, 0.15) is 25.7 Å². The van der Waals surface area contributed by atoms with E-state index < -0.39 is 0 Å². The highest BCUT2D eigenvalue weighted by Crippen LogP contribution is 2.35. The number of carbonyl (C=O) groups excluding carboxylic acids is 3. The van der Waals surface area contributed by atoms with Crippen molar-refractivity contribution in [3.63, 3.8) is 0 Å². The minimum Gasteiger partial charge on any atom is -0.490 e. The second-order valence-corrected chi connectivity index (χ2v) is 6.99. The third kappa shape index (κ3) is 3.54. The Morgan fingerprint density at radius 2 is 1.70 bits per heavy atom. The number of ether oxygens (including phenoxy) is 2. The molecule has 4 rings (SSSR count). The predicted molar refractivity (Wildman–Crippen MR) is 97.4 cm³/mol. The minimum absolute atomic E-state index is 0.0682. The summed E-state index contributed by atoms with van der Waals surface area (Å²) >= 11 is 0. The molecule has 3 aliphatic rings. The fourth-order valence-corrected chi connectivity index (χ4v) is 3.77. The predicted octanol–water partition coefficient (Wildman–Crippen LogP) is 2.13. The van der Waals surface area contributed by atoms with Crippen LogP contribution in [-0.2, 0) is 14.4 Å². The van der Waals surface area contributed by atoms with E-state index in [4.69, 9.17) is 9.47 Å². The number of amides is 3. The highest BCUT2D eigenvalue weighted by atomic mass is 16.5. The first-order chi connectivity index (χ1) is 13.1. The van der Waals surface area contributed by atoms with Crippen LogP contribution in [0.3, 0.4) is 0 Å². The van der Waals surface area contributed by atoms with Crippen molar-refractivity contribution < 1.29 is 23.9 Å². The van der Waals surface area contributed by atoms with E-state index in [1.807, 2.05) is 12.2 Å². The molecule has 7 nitrogen and oxygen atoms in total. The number of hydrogen-bond donors (Lipinski definition) is 1. The lowest BCUT2D eigenvalue weighted by Gasteiger charge is -2.15. The normalized spacial score (nSPS) is 23.8. The number of carbonyl (C=O) groups is 3. The van der Waals surface area contributed by atoms with Crippen molar-refractivity contribution in [3.05, 3.63) is 30.4 Å². The molecule has 1 fully saturated rings. The van der Waals surface area contributed by atoms with Crippen LogP contribution < -0.4 is 14.8 Å². The van der Waals surface area contributed by atoms with Gasteiger partial charge in [0, 0.05) is 31.1 Å². The molecule has 0 radical (unpaired) electrons. The second kappa shape index (κ2) is 7.42. The second-order valence-electron chi connectivity index (χ2n) is 6.99. The van der Waals surface area contributed by atoms with Gasteiger partial charge in [0.25, 0.3) is 0 Å². The maximum atomic E-state index is 12.4. The molecule has 1 saturated heterocycles. The number of nitrogens with zero attached hydrogens (tertiary/aromatic N) is 1. The summed E-state index contributed by atoms with van der Waals surface area (Å²) in [5.41, 5.74) is 0.598. The average Bonchev–Trinajstić information content (AvgIpc) is 2.82. The van der Waals surface area contributed by atoms with Gasteiger partial charge in [-0.3, -0.25) is 19.3 Å². The summed E-state index contributed by atoms with van der Waals surface area (Å²) in [6.45, 7) is 1.29. The Balaban J connectivity index is 1.34. The number of allylic oxidation sites excluding steroid dienone is 2. The number of fused-ring (bicyclic) bond motifs is 2. The van der Waals surface area contributed by atoms with E-state index in [2.05, 4.69) is 5.32 Å². The van der Waals surface area contributed by atoms with Crippen LogP contribution in [0.4, 0.5) is 5.69 Å². The van der Waals surface area contributed by atoms with Gasteiger partial charge in [-0.25, -0.2) is 0 Å². The van der Waals surface area contributed by atoms with Crippen molar-refractivity contribution in [1.29, 1.82) is 0 Å². The number of benzene rings is 1. The molecule has 0 saturated carbocycles. The maximum Gasteiger partial charge on any atom is 0.233 e. The molecule has 0 bridgehead atoms. The van der Waals surface area contributed by atoms with Crippen LogP contribution >= 0.6 is 0 Å². The molecule has 7 heteroatoms. The topological polar surface area (TPSA) is 84.9 Å². The molecule has 2 unspecified atom stereocenters. The SMILES string of the molecule is O=C(CCN1C(=O)C2CC=CCC2C1=O)Nc1ccc2c(c1)OCCCO2. The summed E-state index contributed by atoms with van der Waals surface area (Å²) in [7, 11) is 0. The number of anilines is 1. The number of likely N-dealkylation sites (tertiary alicyclic amines) is 1. The fourth-order valence-electron chi connectivity index (χ4n) is 3.77. The lowest BCUT2D eigenvalue weighted by Crippen LogP contribution is -2.34. The first-order valence-corrected chi connectivity index (χ1v) is 9.33. The summed E-state index contributed by atoms with van der Waals surface area (Å²) in [6, 6.07) is 5.24. The third-order valence-electron chi connectivity index (χ3n) is 5.19. The van der Waals surface area contributed by atoms with Gasteiger partial charge in [0.2, 0.25) is 17.7 Å². The third-order valence-corrected chi connectivity index (χ3v) is 5.19. The Kier molecular flexibility index (Phi) is 4.83. The summed E-state index contributed by atoms with van der Waals surface area (Å²) < 4.78 is 11.2. The number of hydrogen-bond acceptors (Lipinski definition) is 5. The summed E-state index contributed by atoms with van der Waals surface area (Å²) in [5, 5.41) is 2.79. The number of nitrogens with one attached hydrogen (secondary N) is 1. The van der Waals surface area contributed by atoms with Crippen LogP contribution in [0.25, 0.3) is 0 Å². The highest BCUT2D eigenvalue weighted by molar-refractivity contribution is 6.05. The molecule has 0 aromatic heterocycles. The van der Waals surface area contributed by atoms with Gasteiger partial charge in [-0.2, -0.15) is 0 Å². The van der Waals surface area contributed by atoms with Gasteiger partial charge in [-0.05, 0) is 25.0 Å². The van der Waals surface area contributed by atoms with Crippen molar-refractivity contribution in [2.24, 2.45) is 11.8 Å². The molecule has 2 atom stereocenters. The van der Waals surface area contributed by atoms with Crippen LogP contribution in [0, 0.1) is 11.8 Å². The first-order valence-electron chi connectivity index (χ1n) is 9.33. The molecule has 1 N–H and O–H groups in total. The van der Waals surface area contributed by atoms with Crippen molar-refractivity contribution in [2.75, 3.05) is 25.1 Å². The van der Waals surface area contributed by atoms with Gasteiger partial charge in [0.15, 0.2) is 11.5 Å². The van der Waals surface area contributed by atoms with Gasteiger partial charge in [0.1, 0.15) is 0 Å². The van der Waals surface area contributed by atoms with E-state index in [0.717, 1.165) is 6.42 Å². The maximum absolute atomic E-state index is 12.4. The van der Waals surface area contributed by atoms with Gasteiger partial charge < -0.3 is 14.8 Å². The van der Waals surface area contributed by atoms with E-state index in [1.54, 1.807) is 18.2 Å². The Morgan fingerprint density at radius 1 is 1.04 bits per heavy atom. The molecule has 27 heavy (non-hydrogen) atoms. The summed E-state index contributed by atoms with van der Waals surface area (Å²) in [5.74, 6) is 0.190. The van der Waals surface area contributed by atoms with Crippen molar-refractivity contribution in [2.45, 2.75) is 25.7 Å². The smallest absolute Gasteiger partial charge is 0.233 e. The van der Waals surface area contributed by atoms with Gasteiger partial charge in [-0.1, -0.05) is 12.2 Å². The molecule has 2 aliphatic heterocycles.